The van der Waals surface area contributed by atoms with Crippen molar-refractivity contribution in [1.82, 2.24) is 4.57 Å². The second-order valence-electron chi connectivity index (χ2n) is 5.69. The molecule has 0 aliphatic carbocycles. The van der Waals surface area contributed by atoms with Gasteiger partial charge in [0.15, 0.2) is 11.6 Å². The Morgan fingerprint density at radius 3 is 2.64 bits per heavy atom. The fourth-order valence-corrected chi connectivity index (χ4v) is 4.07. The number of aromatic nitrogens is 1. The molecular formula is C19H14FNO3S. The van der Waals surface area contributed by atoms with Crippen molar-refractivity contribution in [1.29, 1.82) is 0 Å². The third-order valence-corrected chi connectivity index (χ3v) is 5.19. The Labute approximate surface area is 146 Å². The first-order valence-electron chi connectivity index (χ1n) is 7.75. The van der Waals surface area contributed by atoms with Crippen molar-refractivity contribution >= 4 is 32.3 Å². The Morgan fingerprint density at radius 2 is 1.92 bits per heavy atom. The second-order valence-corrected chi connectivity index (χ2v) is 6.60. The summed E-state index contributed by atoms with van der Waals surface area (Å²) in [5.41, 5.74) is 1.10. The number of hydrogen-bond donors (Lipinski definition) is 2. The van der Waals surface area contributed by atoms with Crippen LogP contribution in [-0.4, -0.2) is 21.4 Å². The number of aliphatic hydroxyl groups is 1. The first-order valence-corrected chi connectivity index (χ1v) is 8.63. The van der Waals surface area contributed by atoms with E-state index in [4.69, 9.17) is 0 Å². The predicted octanol–water partition coefficient (Wildman–Crippen LogP) is 3.72. The predicted molar refractivity (Wildman–Crippen MR) is 97.7 cm³/mol. The van der Waals surface area contributed by atoms with Crippen LogP contribution >= 0.6 is 11.3 Å². The summed E-state index contributed by atoms with van der Waals surface area (Å²) in [4.78, 5) is 12.7. The highest BCUT2D eigenvalue weighted by atomic mass is 32.1. The van der Waals surface area contributed by atoms with E-state index in [-0.39, 0.29) is 18.7 Å². The molecule has 0 spiro atoms. The van der Waals surface area contributed by atoms with E-state index < -0.39 is 11.6 Å². The molecule has 2 aromatic carbocycles. The van der Waals surface area contributed by atoms with E-state index in [0.717, 1.165) is 6.07 Å². The number of nitrogens with zero attached hydrogens (tertiary/aromatic N) is 1. The van der Waals surface area contributed by atoms with E-state index in [1.165, 1.54) is 15.9 Å². The standard InChI is InChI=1S/C19H14FNO3S/c20-13-10-14-16(15(17(13)23)11-4-2-1-3-5-11)12-6-9-25-18(12)19(24)21(14)7-8-22/h1-6,9-10,22-23H,7-8H2. The summed E-state index contributed by atoms with van der Waals surface area (Å²) in [6, 6.07) is 12.0. The van der Waals surface area contributed by atoms with Gasteiger partial charge in [0.1, 0.15) is 4.70 Å². The van der Waals surface area contributed by atoms with Crippen molar-refractivity contribution in [2.24, 2.45) is 0 Å². The molecule has 0 atom stereocenters. The zero-order valence-corrected chi connectivity index (χ0v) is 13.9. The lowest BCUT2D eigenvalue weighted by Gasteiger charge is -2.16. The van der Waals surface area contributed by atoms with Crippen molar-refractivity contribution in [3.63, 3.8) is 0 Å². The van der Waals surface area contributed by atoms with Gasteiger partial charge in [0.2, 0.25) is 0 Å². The van der Waals surface area contributed by atoms with Gasteiger partial charge in [-0.2, -0.15) is 0 Å². The summed E-state index contributed by atoms with van der Waals surface area (Å²) in [6.07, 6.45) is 0. The first-order chi connectivity index (χ1) is 12.1. The molecule has 2 heterocycles. The summed E-state index contributed by atoms with van der Waals surface area (Å²) in [5, 5.41) is 22.8. The lowest BCUT2D eigenvalue weighted by molar-refractivity contribution is 0.276. The highest BCUT2D eigenvalue weighted by Gasteiger charge is 2.21. The van der Waals surface area contributed by atoms with Crippen LogP contribution in [0.4, 0.5) is 4.39 Å². The smallest absolute Gasteiger partial charge is 0.269 e. The highest BCUT2D eigenvalue weighted by molar-refractivity contribution is 7.17. The molecule has 4 rings (SSSR count). The number of phenols is 1. The van der Waals surface area contributed by atoms with E-state index in [9.17, 15) is 19.4 Å². The molecule has 126 valence electrons. The van der Waals surface area contributed by atoms with Crippen molar-refractivity contribution in [3.05, 3.63) is 64.0 Å². The minimum atomic E-state index is -0.799. The molecule has 2 aromatic heterocycles. The van der Waals surface area contributed by atoms with E-state index in [2.05, 4.69) is 0 Å². The minimum Gasteiger partial charge on any atom is -0.504 e. The largest absolute Gasteiger partial charge is 0.504 e. The van der Waals surface area contributed by atoms with Gasteiger partial charge < -0.3 is 14.8 Å². The van der Waals surface area contributed by atoms with Crippen LogP contribution < -0.4 is 5.56 Å². The minimum absolute atomic E-state index is 0.0572. The first kappa shape index (κ1) is 15.8. The second kappa shape index (κ2) is 5.98. The molecule has 4 aromatic rings. The number of aliphatic hydroxyl groups excluding tert-OH is 1. The number of pyridine rings is 1. The number of fused-ring (bicyclic) bond motifs is 3. The zero-order chi connectivity index (χ0) is 17.6. The topological polar surface area (TPSA) is 62.5 Å². The van der Waals surface area contributed by atoms with Gasteiger partial charge in [0.05, 0.1) is 12.1 Å². The molecule has 0 aliphatic rings. The van der Waals surface area contributed by atoms with E-state index in [1.54, 1.807) is 35.7 Å². The van der Waals surface area contributed by atoms with Gasteiger partial charge >= 0.3 is 0 Å². The normalized spacial score (nSPS) is 11.4. The van der Waals surface area contributed by atoms with Crippen LogP contribution in [0, 0.1) is 5.82 Å². The van der Waals surface area contributed by atoms with Gasteiger partial charge in [-0.15, -0.1) is 11.3 Å². The average molecular weight is 355 g/mol. The number of benzene rings is 2. The Balaban J connectivity index is 2.29. The maximum Gasteiger partial charge on any atom is 0.269 e. The quantitative estimate of drug-likeness (QED) is 0.589. The third-order valence-electron chi connectivity index (χ3n) is 4.28. The SMILES string of the molecule is O=c1c2sccc2c2c(-c3ccccc3)c(O)c(F)cc2n1CCO. The number of halogens is 1. The fourth-order valence-electron chi connectivity index (χ4n) is 3.22. The van der Waals surface area contributed by atoms with E-state index >= 15 is 0 Å². The van der Waals surface area contributed by atoms with Gasteiger partial charge in [-0.1, -0.05) is 30.3 Å². The summed E-state index contributed by atoms with van der Waals surface area (Å²) in [7, 11) is 0. The van der Waals surface area contributed by atoms with Crippen LogP contribution in [0.1, 0.15) is 0 Å². The van der Waals surface area contributed by atoms with Crippen molar-refractivity contribution in [2.75, 3.05) is 6.61 Å². The number of phenolic OH excluding ortho intramolecular Hbond substituents is 1. The molecule has 0 saturated carbocycles. The highest BCUT2D eigenvalue weighted by Crippen LogP contribution is 2.41. The van der Waals surface area contributed by atoms with Crippen LogP contribution in [0.15, 0.2) is 52.6 Å². The van der Waals surface area contributed by atoms with Crippen molar-refractivity contribution in [2.45, 2.75) is 6.54 Å². The Hall–Kier alpha value is -2.70. The number of aromatic hydroxyl groups is 1. The molecule has 0 aliphatic heterocycles. The van der Waals surface area contributed by atoms with Gasteiger partial charge in [0, 0.05) is 28.9 Å². The molecule has 4 nitrogen and oxygen atoms in total. The zero-order valence-electron chi connectivity index (χ0n) is 13.1. The van der Waals surface area contributed by atoms with Crippen molar-refractivity contribution < 1.29 is 14.6 Å². The summed E-state index contributed by atoms with van der Waals surface area (Å²) < 4.78 is 16.3. The van der Waals surface area contributed by atoms with Gasteiger partial charge in [-0.25, -0.2) is 4.39 Å². The van der Waals surface area contributed by atoms with Crippen LogP contribution in [0.3, 0.4) is 0 Å². The van der Waals surface area contributed by atoms with Crippen molar-refractivity contribution in [3.8, 4) is 16.9 Å². The summed E-state index contributed by atoms with van der Waals surface area (Å²) in [5.74, 6) is -1.24. The molecular weight excluding hydrogens is 341 g/mol. The number of thiophene rings is 1. The third kappa shape index (κ3) is 2.33. The molecule has 25 heavy (non-hydrogen) atoms. The molecule has 2 N–H and O–H groups in total. The maximum absolute atomic E-state index is 14.4. The lowest BCUT2D eigenvalue weighted by atomic mass is 9.97. The van der Waals surface area contributed by atoms with Gasteiger partial charge in [0.25, 0.3) is 5.56 Å². The molecule has 0 unspecified atom stereocenters. The molecule has 6 heteroatoms. The van der Waals surface area contributed by atoms with E-state index in [0.29, 0.717) is 32.1 Å². The van der Waals surface area contributed by atoms with Crippen LogP contribution in [-0.2, 0) is 6.54 Å². The van der Waals surface area contributed by atoms with E-state index in [1.807, 2.05) is 6.07 Å². The summed E-state index contributed by atoms with van der Waals surface area (Å²) in [6.45, 7) is -0.184. The Morgan fingerprint density at radius 1 is 1.16 bits per heavy atom. The molecule has 0 radical (unpaired) electrons. The average Bonchev–Trinajstić information content (AvgIpc) is 3.11. The van der Waals surface area contributed by atoms with Crippen LogP contribution in [0.25, 0.3) is 32.1 Å². The maximum atomic E-state index is 14.4. The van der Waals surface area contributed by atoms with Gasteiger partial charge in [-0.3, -0.25) is 4.79 Å². The lowest BCUT2D eigenvalue weighted by Crippen LogP contribution is -2.22. The molecule has 0 bridgehead atoms. The van der Waals surface area contributed by atoms with Gasteiger partial charge in [-0.05, 0) is 17.0 Å². The van der Waals surface area contributed by atoms with Crippen LogP contribution in [0.2, 0.25) is 0 Å². The summed E-state index contributed by atoms with van der Waals surface area (Å²) >= 11 is 1.29. The van der Waals surface area contributed by atoms with Crippen LogP contribution in [0.5, 0.6) is 5.75 Å². The monoisotopic (exact) mass is 355 g/mol. The Bertz CT molecular complexity index is 1150. The number of rotatable bonds is 3. The molecule has 0 amide bonds. The molecule has 0 fully saturated rings. The molecule has 0 saturated heterocycles. The fraction of sp³-hybridized carbons (Fsp3) is 0.105. The Kier molecular flexibility index (Phi) is 3.78. The number of hydrogen-bond acceptors (Lipinski definition) is 4.